The van der Waals surface area contributed by atoms with Crippen LogP contribution in [-0.4, -0.2) is 62.8 Å². The summed E-state index contributed by atoms with van der Waals surface area (Å²) in [5.41, 5.74) is 0.308. The highest BCUT2D eigenvalue weighted by Crippen LogP contribution is 2.29. The summed E-state index contributed by atoms with van der Waals surface area (Å²) < 4.78 is 27.5. The summed E-state index contributed by atoms with van der Waals surface area (Å²) in [6, 6.07) is 4.44. The Morgan fingerprint density at radius 3 is 2.67 bits per heavy atom. The molecule has 0 aromatic heterocycles. The molecule has 1 heterocycles. The van der Waals surface area contributed by atoms with Crippen molar-refractivity contribution in [2.45, 2.75) is 38.5 Å². The van der Waals surface area contributed by atoms with Crippen molar-refractivity contribution < 1.29 is 13.2 Å². The van der Waals surface area contributed by atoms with Gasteiger partial charge in [0.25, 0.3) is 5.91 Å². The molecule has 0 saturated carbocycles. The molecule has 1 aromatic carbocycles. The first-order chi connectivity index (χ1) is 12.8. The van der Waals surface area contributed by atoms with Gasteiger partial charge in [-0.15, -0.1) is 0 Å². The largest absolute Gasteiger partial charge is 0.351 e. The summed E-state index contributed by atoms with van der Waals surface area (Å²) in [5, 5.41) is 3.00. The molecule has 1 aliphatic heterocycles. The van der Waals surface area contributed by atoms with Gasteiger partial charge in [-0.25, -0.2) is 8.42 Å². The first kappa shape index (κ1) is 22.1. The summed E-state index contributed by atoms with van der Waals surface area (Å²) in [4.78, 5) is 14.7. The Kier molecular flexibility index (Phi) is 8.09. The molecule has 0 unspecified atom stereocenters. The summed E-state index contributed by atoms with van der Waals surface area (Å²) in [6.45, 7) is 10.3. The average molecular weight is 416 g/mol. The lowest BCUT2D eigenvalue weighted by Crippen LogP contribution is -2.39. The van der Waals surface area contributed by atoms with Gasteiger partial charge in [-0.3, -0.25) is 4.79 Å². The fourth-order valence-electron chi connectivity index (χ4n) is 3.32. The zero-order valence-electron chi connectivity index (χ0n) is 16.4. The number of nitrogens with one attached hydrogen (secondary N) is 1. The lowest BCUT2D eigenvalue weighted by atomic mass is 10.0. The molecule has 1 aromatic rings. The molecule has 1 atom stereocenters. The monoisotopic (exact) mass is 415 g/mol. The van der Waals surface area contributed by atoms with E-state index in [-0.39, 0.29) is 15.8 Å². The predicted octanol–water partition coefficient (Wildman–Crippen LogP) is 2.83. The number of hydrogen-bond donors (Lipinski definition) is 1. The van der Waals surface area contributed by atoms with Crippen molar-refractivity contribution in [3.8, 4) is 0 Å². The molecule has 27 heavy (non-hydrogen) atoms. The molecule has 2 rings (SSSR count). The van der Waals surface area contributed by atoms with Crippen molar-refractivity contribution in [2.75, 3.05) is 39.3 Å². The van der Waals surface area contributed by atoms with E-state index >= 15 is 0 Å². The molecule has 0 radical (unpaired) electrons. The molecule has 1 N–H and O–H groups in total. The molecule has 0 bridgehead atoms. The number of benzene rings is 1. The SMILES string of the molecule is CCN(CC)CCNC(=O)c1ccc(Cl)c(S(=O)(=O)N2CCC[C@H](C)C2)c1. The molecule has 1 fully saturated rings. The Balaban J connectivity index is 2.14. The summed E-state index contributed by atoms with van der Waals surface area (Å²) in [6.07, 6.45) is 1.86. The van der Waals surface area contributed by atoms with Crippen LogP contribution in [0.1, 0.15) is 44.0 Å². The maximum absolute atomic E-state index is 13.0. The van der Waals surface area contributed by atoms with E-state index in [0.29, 0.717) is 31.1 Å². The first-order valence-electron chi connectivity index (χ1n) is 9.59. The van der Waals surface area contributed by atoms with Gasteiger partial charge in [0.2, 0.25) is 10.0 Å². The number of amides is 1. The van der Waals surface area contributed by atoms with Crippen LogP contribution in [0.4, 0.5) is 0 Å². The fraction of sp³-hybridized carbons (Fsp3) is 0.632. The molecule has 1 saturated heterocycles. The minimum atomic E-state index is -3.71. The number of hydrogen-bond acceptors (Lipinski definition) is 4. The Morgan fingerprint density at radius 1 is 1.33 bits per heavy atom. The van der Waals surface area contributed by atoms with Crippen LogP contribution in [0.25, 0.3) is 0 Å². The second-order valence-electron chi connectivity index (χ2n) is 7.04. The van der Waals surface area contributed by atoms with Crippen LogP contribution < -0.4 is 5.32 Å². The standard InChI is InChI=1S/C19H30ClN3O3S/c1-4-22(5-2)12-10-21-19(24)16-8-9-17(20)18(13-16)27(25,26)23-11-6-7-15(3)14-23/h8-9,13,15H,4-7,10-12,14H2,1-3H3,(H,21,24)/t15-/m0/s1. The van der Waals surface area contributed by atoms with Crippen molar-refractivity contribution in [1.82, 2.24) is 14.5 Å². The zero-order chi connectivity index (χ0) is 20.0. The highest BCUT2D eigenvalue weighted by atomic mass is 35.5. The quantitative estimate of drug-likeness (QED) is 0.708. The van der Waals surface area contributed by atoms with Gasteiger partial charge >= 0.3 is 0 Å². The normalized spacial score (nSPS) is 18.6. The molecule has 1 amide bonds. The Bertz CT molecular complexity index is 751. The molecule has 1 aliphatic rings. The second-order valence-corrected chi connectivity index (χ2v) is 9.35. The highest BCUT2D eigenvalue weighted by molar-refractivity contribution is 7.89. The van der Waals surface area contributed by atoms with Gasteiger partial charge in [0.15, 0.2) is 0 Å². The van der Waals surface area contributed by atoms with Crippen LogP contribution >= 0.6 is 11.6 Å². The first-order valence-corrected chi connectivity index (χ1v) is 11.4. The van der Waals surface area contributed by atoms with Gasteiger partial charge in [0, 0.05) is 31.7 Å². The fourth-order valence-corrected chi connectivity index (χ4v) is 5.41. The van der Waals surface area contributed by atoms with Gasteiger partial charge < -0.3 is 10.2 Å². The van der Waals surface area contributed by atoms with E-state index in [0.717, 1.165) is 32.5 Å². The number of likely N-dealkylation sites (N-methyl/N-ethyl adjacent to an activating group) is 1. The third kappa shape index (κ3) is 5.67. The van der Waals surface area contributed by atoms with E-state index in [1.165, 1.54) is 16.4 Å². The Labute approximate surface area is 167 Å². The van der Waals surface area contributed by atoms with Gasteiger partial charge in [0.1, 0.15) is 4.90 Å². The van der Waals surface area contributed by atoms with Crippen LogP contribution in [-0.2, 0) is 10.0 Å². The number of rotatable bonds is 8. The number of sulfonamides is 1. The van der Waals surface area contributed by atoms with E-state index < -0.39 is 10.0 Å². The van der Waals surface area contributed by atoms with Gasteiger partial charge in [-0.2, -0.15) is 4.31 Å². The van der Waals surface area contributed by atoms with Crippen molar-refractivity contribution >= 4 is 27.5 Å². The molecular weight excluding hydrogens is 386 g/mol. The number of carbonyl (C=O) groups excluding carboxylic acids is 1. The second kappa shape index (κ2) is 9.87. The number of halogens is 1. The molecule has 6 nitrogen and oxygen atoms in total. The van der Waals surface area contributed by atoms with Crippen molar-refractivity contribution in [3.63, 3.8) is 0 Å². The number of piperidine rings is 1. The minimum Gasteiger partial charge on any atom is -0.351 e. The van der Waals surface area contributed by atoms with Crippen molar-refractivity contribution in [1.29, 1.82) is 0 Å². The third-order valence-corrected chi connectivity index (χ3v) is 7.39. The molecule has 152 valence electrons. The summed E-state index contributed by atoms with van der Waals surface area (Å²) >= 11 is 6.18. The van der Waals surface area contributed by atoms with Gasteiger partial charge in [0.05, 0.1) is 5.02 Å². The summed E-state index contributed by atoms with van der Waals surface area (Å²) in [5.74, 6) is 0.0288. The predicted molar refractivity (Wildman–Crippen MR) is 109 cm³/mol. The van der Waals surface area contributed by atoms with Crippen LogP contribution in [0, 0.1) is 5.92 Å². The number of nitrogens with zero attached hydrogens (tertiary/aromatic N) is 2. The van der Waals surface area contributed by atoms with Crippen LogP contribution in [0.5, 0.6) is 0 Å². The van der Waals surface area contributed by atoms with Crippen molar-refractivity contribution in [2.24, 2.45) is 5.92 Å². The maximum atomic E-state index is 13.0. The molecule has 0 aliphatic carbocycles. The van der Waals surface area contributed by atoms with E-state index in [1.54, 1.807) is 6.07 Å². The van der Waals surface area contributed by atoms with Gasteiger partial charge in [-0.1, -0.05) is 32.4 Å². The number of carbonyl (C=O) groups is 1. The topological polar surface area (TPSA) is 69.7 Å². The van der Waals surface area contributed by atoms with E-state index in [9.17, 15) is 13.2 Å². The van der Waals surface area contributed by atoms with Crippen molar-refractivity contribution in [3.05, 3.63) is 28.8 Å². The minimum absolute atomic E-state index is 0.00894. The molecule has 0 spiro atoms. The highest BCUT2D eigenvalue weighted by Gasteiger charge is 2.30. The Hall–Kier alpha value is -1.15. The lowest BCUT2D eigenvalue weighted by molar-refractivity contribution is 0.0948. The van der Waals surface area contributed by atoms with E-state index in [1.807, 2.05) is 6.92 Å². The average Bonchev–Trinajstić information content (AvgIpc) is 2.65. The third-order valence-electron chi connectivity index (χ3n) is 5.04. The molecular formula is C19H30ClN3O3S. The van der Waals surface area contributed by atoms with E-state index in [2.05, 4.69) is 24.1 Å². The van der Waals surface area contributed by atoms with Crippen LogP contribution in [0.15, 0.2) is 23.1 Å². The lowest BCUT2D eigenvalue weighted by Gasteiger charge is -2.30. The van der Waals surface area contributed by atoms with Crippen LogP contribution in [0.2, 0.25) is 5.02 Å². The van der Waals surface area contributed by atoms with Gasteiger partial charge in [-0.05, 0) is 50.0 Å². The van der Waals surface area contributed by atoms with E-state index in [4.69, 9.17) is 11.6 Å². The maximum Gasteiger partial charge on any atom is 0.251 e. The smallest absolute Gasteiger partial charge is 0.251 e. The molecule has 8 heteroatoms. The van der Waals surface area contributed by atoms with Crippen LogP contribution in [0.3, 0.4) is 0 Å². The summed E-state index contributed by atoms with van der Waals surface area (Å²) in [7, 11) is -3.71. The Morgan fingerprint density at radius 2 is 2.04 bits per heavy atom. The zero-order valence-corrected chi connectivity index (χ0v) is 17.9.